The second-order valence-electron chi connectivity index (χ2n) is 3.82. The molecule has 0 N–H and O–H groups in total. The highest BCUT2D eigenvalue weighted by Gasteiger charge is 2.31. The van der Waals surface area contributed by atoms with Gasteiger partial charge in [0, 0.05) is 5.92 Å². The minimum absolute atomic E-state index is 0.0168. The zero-order chi connectivity index (χ0) is 8.97. The van der Waals surface area contributed by atoms with Crippen LogP contribution < -0.4 is 0 Å². The molecule has 1 rings (SSSR count). The maximum absolute atomic E-state index is 6.03. The number of ether oxygens (including phenoxy) is 1. The van der Waals surface area contributed by atoms with Crippen molar-refractivity contribution in [1.29, 1.82) is 0 Å². The Kier molecular flexibility index (Phi) is 4.38. The molecule has 0 saturated carbocycles. The van der Waals surface area contributed by atoms with Crippen LogP contribution >= 0.6 is 11.6 Å². The molecule has 0 aromatic rings. The first-order valence-corrected chi connectivity index (χ1v) is 5.45. The minimum Gasteiger partial charge on any atom is -0.362 e. The molecule has 0 amide bonds. The highest BCUT2D eigenvalue weighted by Crippen LogP contribution is 2.33. The fourth-order valence-corrected chi connectivity index (χ4v) is 2.24. The number of halogens is 1. The Morgan fingerprint density at radius 3 is 2.67 bits per heavy atom. The highest BCUT2D eigenvalue weighted by atomic mass is 35.5. The molecule has 1 saturated heterocycles. The van der Waals surface area contributed by atoms with Crippen molar-refractivity contribution in [3.63, 3.8) is 0 Å². The third-order valence-corrected chi connectivity index (χ3v) is 3.18. The van der Waals surface area contributed by atoms with Crippen LogP contribution in [0.3, 0.4) is 0 Å². The summed E-state index contributed by atoms with van der Waals surface area (Å²) in [7, 11) is 0. The summed E-state index contributed by atoms with van der Waals surface area (Å²) in [6.07, 6.45) is 5.16. The molecule has 2 heteroatoms. The minimum atomic E-state index is -0.0168. The van der Waals surface area contributed by atoms with E-state index in [1.54, 1.807) is 0 Å². The van der Waals surface area contributed by atoms with Crippen molar-refractivity contribution in [2.45, 2.75) is 45.1 Å². The zero-order valence-corrected chi connectivity index (χ0v) is 8.81. The number of hydrogen-bond donors (Lipinski definition) is 0. The summed E-state index contributed by atoms with van der Waals surface area (Å²) in [4.78, 5) is 0. The van der Waals surface area contributed by atoms with Crippen LogP contribution in [-0.4, -0.2) is 12.2 Å². The second kappa shape index (κ2) is 5.08. The van der Waals surface area contributed by atoms with E-state index >= 15 is 0 Å². The smallest absolute Gasteiger partial charge is 0.134 e. The fourth-order valence-electron chi connectivity index (χ4n) is 1.79. The Labute approximate surface area is 80.4 Å². The van der Waals surface area contributed by atoms with Crippen molar-refractivity contribution in [2.24, 2.45) is 11.8 Å². The van der Waals surface area contributed by atoms with Gasteiger partial charge in [0.05, 0.1) is 6.61 Å². The molecule has 1 nitrogen and oxygen atoms in total. The van der Waals surface area contributed by atoms with Gasteiger partial charge in [0.15, 0.2) is 0 Å². The molecule has 0 aliphatic carbocycles. The molecule has 1 aliphatic heterocycles. The fraction of sp³-hybridized carbons (Fsp3) is 1.00. The molecular formula is C10H19ClO. The first kappa shape index (κ1) is 10.3. The van der Waals surface area contributed by atoms with Gasteiger partial charge in [-0.15, -0.1) is 0 Å². The predicted octanol–water partition coefficient (Wildman–Crippen LogP) is 3.41. The van der Waals surface area contributed by atoms with Gasteiger partial charge in [0.2, 0.25) is 0 Å². The zero-order valence-electron chi connectivity index (χ0n) is 8.05. The Hall–Kier alpha value is 0.250. The standard InChI is InChI=1S/C10H19ClO/c1-3-4-5-6-9-8(2)7-12-10(9)11/h8-10H,3-7H2,1-2H3. The van der Waals surface area contributed by atoms with E-state index in [0.29, 0.717) is 11.8 Å². The molecule has 0 spiro atoms. The van der Waals surface area contributed by atoms with Gasteiger partial charge in [0.1, 0.15) is 5.56 Å². The summed E-state index contributed by atoms with van der Waals surface area (Å²) >= 11 is 6.03. The highest BCUT2D eigenvalue weighted by molar-refractivity contribution is 6.20. The van der Waals surface area contributed by atoms with Crippen LogP contribution in [0.5, 0.6) is 0 Å². The van der Waals surface area contributed by atoms with Gasteiger partial charge >= 0.3 is 0 Å². The molecule has 3 unspecified atom stereocenters. The van der Waals surface area contributed by atoms with Crippen LogP contribution in [0.1, 0.15) is 39.5 Å². The largest absolute Gasteiger partial charge is 0.362 e. The average molecular weight is 191 g/mol. The van der Waals surface area contributed by atoms with Gasteiger partial charge in [-0.05, 0) is 12.3 Å². The SMILES string of the molecule is CCCCCC1C(C)COC1Cl. The molecule has 0 aromatic carbocycles. The van der Waals surface area contributed by atoms with Crippen molar-refractivity contribution in [3.8, 4) is 0 Å². The van der Waals surface area contributed by atoms with Crippen LogP contribution in [-0.2, 0) is 4.74 Å². The predicted molar refractivity (Wildman–Crippen MR) is 52.4 cm³/mol. The van der Waals surface area contributed by atoms with E-state index in [4.69, 9.17) is 16.3 Å². The molecule has 12 heavy (non-hydrogen) atoms. The molecule has 3 atom stereocenters. The first-order valence-electron chi connectivity index (χ1n) is 5.01. The van der Waals surface area contributed by atoms with Gasteiger partial charge in [-0.3, -0.25) is 0 Å². The summed E-state index contributed by atoms with van der Waals surface area (Å²) in [5.41, 5.74) is -0.0168. The van der Waals surface area contributed by atoms with Crippen molar-refractivity contribution in [2.75, 3.05) is 6.61 Å². The van der Waals surface area contributed by atoms with Gasteiger partial charge in [-0.1, -0.05) is 44.7 Å². The van der Waals surface area contributed by atoms with Crippen LogP contribution in [0.15, 0.2) is 0 Å². The van der Waals surface area contributed by atoms with E-state index in [1.165, 1.54) is 25.7 Å². The number of rotatable bonds is 4. The summed E-state index contributed by atoms with van der Waals surface area (Å²) in [5, 5.41) is 0. The van der Waals surface area contributed by atoms with E-state index in [-0.39, 0.29) is 5.56 Å². The summed E-state index contributed by atoms with van der Waals surface area (Å²) in [6, 6.07) is 0. The van der Waals surface area contributed by atoms with Crippen LogP contribution in [0.4, 0.5) is 0 Å². The van der Waals surface area contributed by atoms with Crippen molar-refractivity contribution < 1.29 is 4.74 Å². The molecule has 0 aromatic heterocycles. The lowest BCUT2D eigenvalue weighted by atomic mass is 9.92. The first-order chi connectivity index (χ1) is 5.75. The third kappa shape index (κ3) is 2.63. The lowest BCUT2D eigenvalue weighted by molar-refractivity contribution is 0.149. The Morgan fingerprint density at radius 2 is 2.17 bits per heavy atom. The van der Waals surface area contributed by atoms with Crippen LogP contribution in [0.2, 0.25) is 0 Å². The number of unbranched alkanes of at least 4 members (excludes halogenated alkanes) is 2. The van der Waals surface area contributed by atoms with Crippen LogP contribution in [0, 0.1) is 11.8 Å². The van der Waals surface area contributed by atoms with Gasteiger partial charge in [0.25, 0.3) is 0 Å². The van der Waals surface area contributed by atoms with Gasteiger partial charge in [-0.25, -0.2) is 0 Å². The quantitative estimate of drug-likeness (QED) is 0.488. The molecule has 1 fully saturated rings. The normalized spacial score (nSPS) is 35.8. The topological polar surface area (TPSA) is 9.23 Å². The summed E-state index contributed by atoms with van der Waals surface area (Å²) in [6.45, 7) is 5.32. The number of hydrogen-bond acceptors (Lipinski definition) is 1. The Balaban J connectivity index is 2.20. The van der Waals surface area contributed by atoms with Gasteiger partial charge in [-0.2, -0.15) is 0 Å². The van der Waals surface area contributed by atoms with E-state index < -0.39 is 0 Å². The molecule has 1 aliphatic rings. The Bertz CT molecular complexity index is 117. The lowest BCUT2D eigenvalue weighted by Crippen LogP contribution is -2.13. The van der Waals surface area contributed by atoms with E-state index in [0.717, 1.165) is 6.61 Å². The molecule has 1 heterocycles. The van der Waals surface area contributed by atoms with Crippen molar-refractivity contribution in [3.05, 3.63) is 0 Å². The van der Waals surface area contributed by atoms with E-state index in [9.17, 15) is 0 Å². The lowest BCUT2D eigenvalue weighted by Gasteiger charge is -2.15. The third-order valence-electron chi connectivity index (χ3n) is 2.73. The second-order valence-corrected chi connectivity index (χ2v) is 4.25. The average Bonchev–Trinajstić information content (AvgIpc) is 2.35. The number of alkyl halides is 1. The molecule has 72 valence electrons. The van der Waals surface area contributed by atoms with Crippen LogP contribution in [0.25, 0.3) is 0 Å². The molecular weight excluding hydrogens is 172 g/mol. The van der Waals surface area contributed by atoms with E-state index in [2.05, 4.69) is 13.8 Å². The summed E-state index contributed by atoms with van der Waals surface area (Å²) < 4.78 is 5.37. The maximum atomic E-state index is 6.03. The maximum Gasteiger partial charge on any atom is 0.134 e. The monoisotopic (exact) mass is 190 g/mol. The van der Waals surface area contributed by atoms with Crippen molar-refractivity contribution in [1.82, 2.24) is 0 Å². The molecule has 0 radical (unpaired) electrons. The van der Waals surface area contributed by atoms with Crippen molar-refractivity contribution >= 4 is 11.6 Å². The van der Waals surface area contributed by atoms with E-state index in [1.807, 2.05) is 0 Å². The Morgan fingerprint density at radius 1 is 1.42 bits per heavy atom. The summed E-state index contributed by atoms with van der Waals surface area (Å²) in [5.74, 6) is 1.25. The molecule has 0 bridgehead atoms. The van der Waals surface area contributed by atoms with Gasteiger partial charge < -0.3 is 4.74 Å².